The van der Waals surface area contributed by atoms with Crippen LogP contribution in [0.1, 0.15) is 33.6 Å². The van der Waals surface area contributed by atoms with Gasteiger partial charge >= 0.3 is 0 Å². The number of likely N-dealkylation sites (N-methyl/N-ethyl adjacent to an activating group) is 1. The highest BCUT2D eigenvalue weighted by Gasteiger charge is 2.28. The third-order valence-corrected chi connectivity index (χ3v) is 3.00. The summed E-state index contributed by atoms with van der Waals surface area (Å²) in [5, 5.41) is 3.44. The second-order valence-electron chi connectivity index (χ2n) is 5.04. The molecule has 0 amide bonds. The van der Waals surface area contributed by atoms with Crippen molar-refractivity contribution >= 4 is 0 Å². The second-order valence-corrected chi connectivity index (χ2v) is 5.04. The van der Waals surface area contributed by atoms with Crippen molar-refractivity contribution in [1.82, 2.24) is 10.2 Å². The quantitative estimate of drug-likeness (QED) is 0.718. The molecule has 0 saturated carbocycles. The molecule has 13 heavy (non-hydrogen) atoms. The van der Waals surface area contributed by atoms with Gasteiger partial charge in [0, 0.05) is 18.6 Å². The lowest BCUT2D eigenvalue weighted by Gasteiger charge is -2.41. The molecule has 0 aromatic heterocycles. The van der Waals surface area contributed by atoms with E-state index in [4.69, 9.17) is 0 Å². The summed E-state index contributed by atoms with van der Waals surface area (Å²) >= 11 is 0. The molecule has 1 fully saturated rings. The minimum Gasteiger partial charge on any atom is -0.313 e. The highest BCUT2D eigenvalue weighted by atomic mass is 15.2. The molecular weight excluding hydrogens is 160 g/mol. The lowest BCUT2D eigenvalue weighted by atomic mass is 9.91. The van der Waals surface area contributed by atoms with Crippen LogP contribution in [0, 0.1) is 5.92 Å². The minimum absolute atomic E-state index is 0.354. The number of nitrogens with one attached hydrogen (secondary N) is 1. The van der Waals surface area contributed by atoms with Crippen LogP contribution >= 0.6 is 0 Å². The van der Waals surface area contributed by atoms with E-state index in [0.717, 1.165) is 5.92 Å². The van der Waals surface area contributed by atoms with Crippen molar-refractivity contribution in [1.29, 1.82) is 0 Å². The van der Waals surface area contributed by atoms with E-state index in [2.05, 4.69) is 38.0 Å². The second kappa shape index (κ2) is 4.43. The van der Waals surface area contributed by atoms with Gasteiger partial charge in [0.15, 0.2) is 0 Å². The van der Waals surface area contributed by atoms with Crippen LogP contribution in [0.4, 0.5) is 0 Å². The molecule has 0 aliphatic carbocycles. The van der Waals surface area contributed by atoms with Gasteiger partial charge in [-0.3, -0.25) is 0 Å². The zero-order valence-electron chi connectivity index (χ0n) is 9.56. The van der Waals surface area contributed by atoms with Gasteiger partial charge in [0.1, 0.15) is 0 Å². The highest BCUT2D eigenvalue weighted by Crippen LogP contribution is 2.20. The van der Waals surface area contributed by atoms with Crippen LogP contribution in [-0.2, 0) is 0 Å². The van der Waals surface area contributed by atoms with Crippen molar-refractivity contribution in [3.63, 3.8) is 0 Å². The van der Waals surface area contributed by atoms with E-state index < -0.39 is 0 Å². The first-order chi connectivity index (χ1) is 6.06. The maximum absolute atomic E-state index is 3.44. The van der Waals surface area contributed by atoms with Gasteiger partial charge in [-0.05, 0) is 39.3 Å². The molecule has 0 bridgehead atoms. The number of hydrogen-bond donors (Lipinski definition) is 1. The molecule has 2 nitrogen and oxygen atoms in total. The van der Waals surface area contributed by atoms with Crippen molar-refractivity contribution < 1.29 is 0 Å². The molecule has 1 saturated heterocycles. The fourth-order valence-electron chi connectivity index (χ4n) is 2.22. The number of piperidine rings is 1. The smallest absolute Gasteiger partial charge is 0.0278 e. The van der Waals surface area contributed by atoms with Crippen LogP contribution in [0.3, 0.4) is 0 Å². The van der Waals surface area contributed by atoms with Gasteiger partial charge in [-0.25, -0.2) is 0 Å². The van der Waals surface area contributed by atoms with Gasteiger partial charge in [-0.1, -0.05) is 13.8 Å². The minimum atomic E-state index is 0.354. The zero-order chi connectivity index (χ0) is 9.90. The van der Waals surface area contributed by atoms with E-state index >= 15 is 0 Å². The van der Waals surface area contributed by atoms with Gasteiger partial charge in [0.25, 0.3) is 0 Å². The van der Waals surface area contributed by atoms with Gasteiger partial charge in [0.2, 0.25) is 0 Å². The van der Waals surface area contributed by atoms with E-state index in [1.165, 1.54) is 32.5 Å². The molecule has 1 rings (SSSR count). The molecule has 0 aromatic carbocycles. The number of nitrogens with zero attached hydrogens (tertiary/aromatic N) is 1. The van der Waals surface area contributed by atoms with Crippen molar-refractivity contribution in [2.24, 2.45) is 5.92 Å². The Hall–Kier alpha value is -0.0800. The Bertz CT molecular complexity index is 156. The van der Waals surface area contributed by atoms with Crippen LogP contribution in [0.5, 0.6) is 0 Å². The fraction of sp³-hybridized carbons (Fsp3) is 1.00. The molecular formula is C11H24N2. The molecule has 0 aromatic rings. The lowest BCUT2D eigenvalue weighted by Crippen LogP contribution is -2.54. The first kappa shape index (κ1) is 11.0. The predicted molar refractivity (Wildman–Crippen MR) is 58.0 cm³/mol. The largest absolute Gasteiger partial charge is 0.313 e. The summed E-state index contributed by atoms with van der Waals surface area (Å²) in [7, 11) is 2.08. The van der Waals surface area contributed by atoms with Gasteiger partial charge in [0.05, 0.1) is 0 Å². The van der Waals surface area contributed by atoms with Gasteiger partial charge in [-0.2, -0.15) is 0 Å². The van der Waals surface area contributed by atoms with Crippen LogP contribution in [-0.4, -0.2) is 37.1 Å². The average Bonchev–Trinajstić information content (AvgIpc) is 2.03. The van der Waals surface area contributed by atoms with E-state index in [1.807, 2.05) is 0 Å². The van der Waals surface area contributed by atoms with Crippen LogP contribution in [0.15, 0.2) is 0 Å². The number of hydrogen-bond acceptors (Lipinski definition) is 2. The molecule has 2 heteroatoms. The Morgan fingerprint density at radius 1 is 1.46 bits per heavy atom. The Morgan fingerprint density at radius 3 is 2.69 bits per heavy atom. The van der Waals surface area contributed by atoms with Crippen LogP contribution in [0.25, 0.3) is 0 Å². The predicted octanol–water partition coefficient (Wildman–Crippen LogP) is 1.72. The topological polar surface area (TPSA) is 15.3 Å². The monoisotopic (exact) mass is 184 g/mol. The summed E-state index contributed by atoms with van der Waals surface area (Å²) in [6.45, 7) is 10.7. The Kier molecular flexibility index (Phi) is 3.74. The van der Waals surface area contributed by atoms with Crippen LogP contribution < -0.4 is 5.32 Å². The molecule has 1 heterocycles. The molecule has 0 radical (unpaired) electrons. The summed E-state index contributed by atoms with van der Waals surface area (Å²) in [5.74, 6) is 0.791. The normalized spacial score (nSPS) is 31.2. The van der Waals surface area contributed by atoms with E-state index in [9.17, 15) is 0 Å². The SMILES string of the molecule is CNC1(C)CCCN(CC(C)C)C1. The Labute approximate surface area is 82.7 Å². The number of likely N-dealkylation sites (tertiary alicyclic amines) is 1. The molecule has 1 unspecified atom stereocenters. The summed E-state index contributed by atoms with van der Waals surface area (Å²) in [4.78, 5) is 2.59. The summed E-state index contributed by atoms with van der Waals surface area (Å²) in [6.07, 6.45) is 2.65. The lowest BCUT2D eigenvalue weighted by molar-refractivity contribution is 0.127. The van der Waals surface area contributed by atoms with Crippen LogP contribution in [0.2, 0.25) is 0 Å². The average molecular weight is 184 g/mol. The van der Waals surface area contributed by atoms with Gasteiger partial charge < -0.3 is 10.2 Å². The fourth-order valence-corrected chi connectivity index (χ4v) is 2.22. The summed E-state index contributed by atoms with van der Waals surface area (Å²) < 4.78 is 0. The highest BCUT2D eigenvalue weighted by molar-refractivity contribution is 4.89. The first-order valence-corrected chi connectivity index (χ1v) is 5.47. The standard InChI is InChI=1S/C11H24N2/c1-10(2)8-13-7-5-6-11(3,9-13)12-4/h10,12H,5-9H2,1-4H3. The van der Waals surface area contributed by atoms with Crippen molar-refractivity contribution in [3.05, 3.63) is 0 Å². The Balaban J connectivity index is 2.42. The molecule has 1 aliphatic heterocycles. The van der Waals surface area contributed by atoms with Crippen molar-refractivity contribution in [3.8, 4) is 0 Å². The van der Waals surface area contributed by atoms with E-state index in [0.29, 0.717) is 5.54 Å². The van der Waals surface area contributed by atoms with Crippen molar-refractivity contribution in [2.45, 2.75) is 39.2 Å². The number of rotatable bonds is 3. The summed E-state index contributed by atoms with van der Waals surface area (Å²) in [6, 6.07) is 0. The van der Waals surface area contributed by atoms with Crippen molar-refractivity contribution in [2.75, 3.05) is 26.7 Å². The third kappa shape index (κ3) is 3.28. The molecule has 78 valence electrons. The third-order valence-electron chi connectivity index (χ3n) is 3.00. The Morgan fingerprint density at radius 2 is 2.15 bits per heavy atom. The van der Waals surface area contributed by atoms with Gasteiger partial charge in [-0.15, -0.1) is 0 Å². The summed E-state index contributed by atoms with van der Waals surface area (Å²) in [5.41, 5.74) is 0.354. The maximum atomic E-state index is 3.44. The van der Waals surface area contributed by atoms with E-state index in [1.54, 1.807) is 0 Å². The molecule has 0 spiro atoms. The zero-order valence-corrected chi connectivity index (χ0v) is 9.56. The molecule has 1 atom stereocenters. The van der Waals surface area contributed by atoms with E-state index in [-0.39, 0.29) is 0 Å². The molecule has 1 aliphatic rings. The molecule has 1 N–H and O–H groups in total. The first-order valence-electron chi connectivity index (χ1n) is 5.47. The maximum Gasteiger partial charge on any atom is 0.0278 e.